The maximum absolute atomic E-state index is 12.1. The average molecular weight is 257 g/mol. The normalized spacial score (nSPS) is 23.2. The minimum absolute atomic E-state index is 0.0572. The van der Waals surface area contributed by atoms with Crippen molar-refractivity contribution in [1.29, 1.82) is 5.26 Å². The van der Waals surface area contributed by atoms with Crippen molar-refractivity contribution in [2.24, 2.45) is 5.73 Å². The van der Waals surface area contributed by atoms with Crippen LogP contribution in [0, 0.1) is 11.3 Å². The third-order valence-corrected chi connectivity index (χ3v) is 3.57. The molecule has 2 rings (SSSR count). The number of hydrogen-bond donors (Lipinski definition) is 1. The van der Waals surface area contributed by atoms with E-state index in [0.717, 1.165) is 12.0 Å². The Kier molecular flexibility index (Phi) is 4.18. The van der Waals surface area contributed by atoms with Crippen molar-refractivity contribution in [2.45, 2.75) is 38.3 Å². The predicted molar refractivity (Wildman–Crippen MR) is 73.1 cm³/mol. The van der Waals surface area contributed by atoms with Crippen molar-refractivity contribution in [3.8, 4) is 6.07 Å². The third kappa shape index (κ3) is 2.77. The fraction of sp³-hybridized carbons (Fsp3) is 0.467. The molecule has 0 aliphatic carbocycles. The van der Waals surface area contributed by atoms with Gasteiger partial charge in [-0.25, -0.2) is 0 Å². The molecule has 0 aromatic heterocycles. The van der Waals surface area contributed by atoms with Crippen molar-refractivity contribution in [3.05, 3.63) is 35.4 Å². The summed E-state index contributed by atoms with van der Waals surface area (Å²) in [5, 5.41) is 8.99. The Morgan fingerprint density at radius 2 is 2.32 bits per heavy atom. The monoisotopic (exact) mass is 257 g/mol. The van der Waals surface area contributed by atoms with Gasteiger partial charge in [0.05, 0.1) is 17.7 Å². The fourth-order valence-electron chi connectivity index (χ4n) is 2.70. The van der Waals surface area contributed by atoms with E-state index in [9.17, 15) is 4.79 Å². The zero-order valence-electron chi connectivity index (χ0n) is 11.2. The Morgan fingerprint density at radius 1 is 1.53 bits per heavy atom. The molecule has 4 heteroatoms. The number of carbonyl (C=O) groups excluding carboxylic acids is 1. The van der Waals surface area contributed by atoms with Gasteiger partial charge in [-0.15, -0.1) is 0 Å². The molecule has 0 bridgehead atoms. The zero-order chi connectivity index (χ0) is 13.8. The molecule has 1 aromatic carbocycles. The summed E-state index contributed by atoms with van der Waals surface area (Å²) in [5.41, 5.74) is 7.78. The first-order valence-electron chi connectivity index (χ1n) is 6.72. The lowest BCUT2D eigenvalue weighted by Gasteiger charge is -2.40. The van der Waals surface area contributed by atoms with E-state index in [4.69, 9.17) is 11.0 Å². The number of nitrogens with zero attached hydrogens (tertiary/aromatic N) is 2. The number of hydrogen-bond acceptors (Lipinski definition) is 3. The summed E-state index contributed by atoms with van der Waals surface area (Å²) in [6.07, 6.45) is 2.14. The van der Waals surface area contributed by atoms with Crippen LogP contribution in [0.3, 0.4) is 0 Å². The van der Waals surface area contributed by atoms with E-state index in [0.29, 0.717) is 24.9 Å². The quantitative estimate of drug-likeness (QED) is 0.899. The molecule has 0 spiro atoms. The summed E-state index contributed by atoms with van der Waals surface area (Å²) in [4.78, 5) is 13.9. The van der Waals surface area contributed by atoms with E-state index in [2.05, 4.69) is 13.0 Å². The zero-order valence-corrected chi connectivity index (χ0v) is 11.2. The molecule has 1 heterocycles. The highest BCUT2D eigenvalue weighted by Crippen LogP contribution is 2.31. The van der Waals surface area contributed by atoms with Crippen molar-refractivity contribution in [3.63, 3.8) is 0 Å². The highest BCUT2D eigenvalue weighted by molar-refractivity contribution is 5.78. The SMILES string of the molecule is CCCN1C(=O)CCC(N)C1c1cccc(C#N)c1. The largest absolute Gasteiger partial charge is 0.334 e. The Morgan fingerprint density at radius 3 is 3.00 bits per heavy atom. The minimum atomic E-state index is -0.102. The number of rotatable bonds is 3. The number of nitriles is 1. The maximum Gasteiger partial charge on any atom is 0.223 e. The molecule has 1 aliphatic rings. The summed E-state index contributed by atoms with van der Waals surface area (Å²) < 4.78 is 0. The fourth-order valence-corrected chi connectivity index (χ4v) is 2.70. The summed E-state index contributed by atoms with van der Waals surface area (Å²) in [7, 11) is 0. The molecule has 1 amide bonds. The van der Waals surface area contributed by atoms with E-state index < -0.39 is 0 Å². The number of nitrogens with two attached hydrogens (primary N) is 1. The van der Waals surface area contributed by atoms with Gasteiger partial charge in [-0.1, -0.05) is 19.1 Å². The van der Waals surface area contributed by atoms with Gasteiger partial charge in [0, 0.05) is 19.0 Å². The minimum Gasteiger partial charge on any atom is -0.334 e. The smallest absolute Gasteiger partial charge is 0.223 e. The van der Waals surface area contributed by atoms with Gasteiger partial charge in [-0.05, 0) is 30.5 Å². The second kappa shape index (κ2) is 5.85. The topological polar surface area (TPSA) is 70.1 Å². The molecule has 0 radical (unpaired) electrons. The highest BCUT2D eigenvalue weighted by Gasteiger charge is 2.34. The van der Waals surface area contributed by atoms with Crippen LogP contribution in [0.1, 0.15) is 43.4 Å². The molecule has 100 valence electrons. The molecule has 1 aromatic rings. The second-order valence-corrected chi connectivity index (χ2v) is 4.97. The Labute approximate surface area is 113 Å². The number of benzene rings is 1. The summed E-state index contributed by atoms with van der Waals surface area (Å²) in [5.74, 6) is 0.163. The van der Waals surface area contributed by atoms with Crippen LogP contribution in [-0.2, 0) is 4.79 Å². The first-order valence-corrected chi connectivity index (χ1v) is 6.72. The lowest BCUT2D eigenvalue weighted by Crippen LogP contribution is -2.49. The van der Waals surface area contributed by atoms with E-state index in [-0.39, 0.29) is 18.0 Å². The van der Waals surface area contributed by atoms with Crippen LogP contribution >= 0.6 is 0 Å². The van der Waals surface area contributed by atoms with Crippen LogP contribution in [0.5, 0.6) is 0 Å². The Bertz CT molecular complexity index is 506. The van der Waals surface area contributed by atoms with E-state index in [1.165, 1.54) is 0 Å². The molecule has 4 nitrogen and oxygen atoms in total. The molecular weight excluding hydrogens is 238 g/mol. The number of amides is 1. The van der Waals surface area contributed by atoms with Crippen LogP contribution in [0.4, 0.5) is 0 Å². The molecule has 19 heavy (non-hydrogen) atoms. The van der Waals surface area contributed by atoms with Crippen molar-refractivity contribution < 1.29 is 4.79 Å². The van der Waals surface area contributed by atoms with Crippen LogP contribution in [0.2, 0.25) is 0 Å². The molecule has 0 saturated carbocycles. The predicted octanol–water partition coefficient (Wildman–Crippen LogP) is 1.96. The van der Waals surface area contributed by atoms with Gasteiger partial charge in [0.1, 0.15) is 0 Å². The molecule has 2 atom stereocenters. The standard InChI is InChI=1S/C15H19N3O/c1-2-8-18-14(19)7-6-13(17)15(18)12-5-3-4-11(9-12)10-16/h3-5,9,13,15H,2,6-8,17H2,1H3. The van der Waals surface area contributed by atoms with Gasteiger partial charge >= 0.3 is 0 Å². The van der Waals surface area contributed by atoms with Gasteiger partial charge in [-0.2, -0.15) is 5.26 Å². The lowest BCUT2D eigenvalue weighted by atomic mass is 9.89. The van der Waals surface area contributed by atoms with Gasteiger partial charge in [0.25, 0.3) is 0 Å². The van der Waals surface area contributed by atoms with Crippen LogP contribution in [0.25, 0.3) is 0 Å². The van der Waals surface area contributed by atoms with E-state index in [1.54, 1.807) is 6.07 Å². The van der Waals surface area contributed by atoms with Crippen molar-refractivity contribution in [1.82, 2.24) is 4.90 Å². The first-order chi connectivity index (χ1) is 9.17. The first kappa shape index (κ1) is 13.6. The second-order valence-electron chi connectivity index (χ2n) is 4.97. The van der Waals surface area contributed by atoms with Crippen LogP contribution in [0.15, 0.2) is 24.3 Å². The molecular formula is C15H19N3O. The average Bonchev–Trinajstić information content (AvgIpc) is 2.43. The van der Waals surface area contributed by atoms with Crippen molar-refractivity contribution >= 4 is 5.91 Å². The lowest BCUT2D eigenvalue weighted by molar-refractivity contribution is -0.137. The summed E-state index contributed by atoms with van der Waals surface area (Å²) >= 11 is 0. The summed E-state index contributed by atoms with van der Waals surface area (Å²) in [6.45, 7) is 2.77. The number of carbonyl (C=O) groups is 1. The maximum atomic E-state index is 12.1. The molecule has 1 saturated heterocycles. The van der Waals surface area contributed by atoms with Crippen molar-refractivity contribution in [2.75, 3.05) is 6.54 Å². The van der Waals surface area contributed by atoms with Crippen LogP contribution < -0.4 is 5.73 Å². The van der Waals surface area contributed by atoms with Gasteiger partial charge < -0.3 is 10.6 Å². The Balaban J connectivity index is 2.36. The molecule has 2 unspecified atom stereocenters. The van der Waals surface area contributed by atoms with E-state index in [1.807, 2.05) is 23.1 Å². The number of likely N-dealkylation sites (tertiary alicyclic amines) is 1. The molecule has 2 N–H and O–H groups in total. The summed E-state index contributed by atoms with van der Waals surface area (Å²) in [6, 6.07) is 9.38. The Hall–Kier alpha value is -1.86. The van der Waals surface area contributed by atoms with E-state index >= 15 is 0 Å². The third-order valence-electron chi connectivity index (χ3n) is 3.57. The molecule has 1 aliphatic heterocycles. The molecule has 1 fully saturated rings. The van der Waals surface area contributed by atoms with Crippen LogP contribution in [-0.4, -0.2) is 23.4 Å². The van der Waals surface area contributed by atoms with Gasteiger partial charge in [0.15, 0.2) is 0 Å². The highest BCUT2D eigenvalue weighted by atomic mass is 16.2. The van der Waals surface area contributed by atoms with Gasteiger partial charge in [0.2, 0.25) is 5.91 Å². The van der Waals surface area contributed by atoms with Gasteiger partial charge in [-0.3, -0.25) is 4.79 Å². The number of piperidine rings is 1.